The Morgan fingerprint density at radius 3 is 2.63 bits per heavy atom. The lowest BCUT2D eigenvalue weighted by molar-refractivity contribution is -0.117. The normalized spacial score (nSPS) is 19.8. The molecule has 1 aromatic heterocycles. The van der Waals surface area contributed by atoms with Crippen molar-refractivity contribution in [1.82, 2.24) is 9.97 Å². The monoisotopic (exact) mass is 286 g/mol. The number of amides is 1. The van der Waals surface area contributed by atoms with Gasteiger partial charge in [0.25, 0.3) is 0 Å². The van der Waals surface area contributed by atoms with Gasteiger partial charge in [0.1, 0.15) is 0 Å². The zero-order valence-corrected chi connectivity index (χ0v) is 11.1. The summed E-state index contributed by atoms with van der Waals surface area (Å²) in [7, 11) is -2.10. The van der Waals surface area contributed by atoms with Crippen LogP contribution < -0.4 is 14.8 Å². The van der Waals surface area contributed by atoms with Crippen molar-refractivity contribution in [3.05, 3.63) is 12.4 Å². The van der Waals surface area contributed by atoms with E-state index in [1.54, 1.807) is 0 Å². The van der Waals surface area contributed by atoms with Gasteiger partial charge in [0.2, 0.25) is 21.9 Å². The first-order valence-electron chi connectivity index (χ1n) is 5.56. The Balaban J connectivity index is 2.11. The van der Waals surface area contributed by atoms with Crippen molar-refractivity contribution in [2.75, 3.05) is 24.3 Å². The highest BCUT2D eigenvalue weighted by Gasteiger charge is 2.34. The van der Waals surface area contributed by atoms with E-state index in [1.165, 1.54) is 24.4 Å². The molecule has 1 aliphatic heterocycles. The molecule has 1 aliphatic rings. The summed E-state index contributed by atoms with van der Waals surface area (Å²) < 4.78 is 27.0. The lowest BCUT2D eigenvalue weighted by atomic mass is 10.1. The minimum Gasteiger partial charge on any atom is -0.494 e. The van der Waals surface area contributed by atoms with Gasteiger partial charge < -0.3 is 4.74 Å². The maximum atomic E-state index is 11.8. The van der Waals surface area contributed by atoms with Crippen molar-refractivity contribution in [3.63, 3.8) is 0 Å². The quantitative estimate of drug-likeness (QED) is 0.769. The van der Waals surface area contributed by atoms with Crippen molar-refractivity contribution < 1.29 is 17.9 Å². The van der Waals surface area contributed by atoms with E-state index in [2.05, 4.69) is 9.97 Å². The molecule has 1 aromatic rings. The first-order valence-corrected chi connectivity index (χ1v) is 7.27. The third-order valence-corrected chi connectivity index (χ3v) is 3.70. The molecule has 2 N–H and O–H groups in total. The largest absolute Gasteiger partial charge is 0.494 e. The summed E-state index contributed by atoms with van der Waals surface area (Å²) in [5.41, 5.74) is 0. The summed E-state index contributed by atoms with van der Waals surface area (Å²) >= 11 is 0. The van der Waals surface area contributed by atoms with Crippen LogP contribution in [0.1, 0.15) is 6.42 Å². The molecule has 0 spiro atoms. The highest BCUT2D eigenvalue weighted by Crippen LogP contribution is 2.23. The third kappa shape index (κ3) is 3.38. The van der Waals surface area contributed by atoms with Gasteiger partial charge in [0.15, 0.2) is 5.75 Å². The van der Waals surface area contributed by atoms with Gasteiger partial charge in [-0.15, -0.1) is 0 Å². The molecule has 0 aliphatic carbocycles. The Morgan fingerprint density at radius 2 is 2.11 bits per heavy atom. The van der Waals surface area contributed by atoms with Crippen LogP contribution in [0.2, 0.25) is 0 Å². The predicted molar refractivity (Wildman–Crippen MR) is 67.0 cm³/mol. The second kappa shape index (κ2) is 5.10. The van der Waals surface area contributed by atoms with E-state index in [9.17, 15) is 13.2 Å². The number of hydrogen-bond acceptors (Lipinski definition) is 6. The first kappa shape index (κ1) is 13.7. The van der Waals surface area contributed by atoms with E-state index in [0.29, 0.717) is 5.75 Å². The van der Waals surface area contributed by atoms with E-state index in [-0.39, 0.29) is 36.5 Å². The second-order valence-corrected chi connectivity index (χ2v) is 5.99. The SMILES string of the molecule is COc1cnc(N2CC(CS(N)(=O)=O)CC2=O)nc1. The van der Waals surface area contributed by atoms with Crippen LogP contribution >= 0.6 is 0 Å². The molecule has 19 heavy (non-hydrogen) atoms. The summed E-state index contributed by atoms with van der Waals surface area (Å²) in [5.74, 6) is -0.0306. The summed E-state index contributed by atoms with van der Waals surface area (Å²) in [5, 5.41) is 4.98. The molecule has 0 bridgehead atoms. The number of sulfonamides is 1. The van der Waals surface area contributed by atoms with Gasteiger partial charge >= 0.3 is 0 Å². The number of carbonyl (C=O) groups is 1. The van der Waals surface area contributed by atoms with Crippen molar-refractivity contribution in [2.45, 2.75) is 6.42 Å². The van der Waals surface area contributed by atoms with E-state index < -0.39 is 10.0 Å². The van der Waals surface area contributed by atoms with Crippen molar-refractivity contribution in [2.24, 2.45) is 11.1 Å². The van der Waals surface area contributed by atoms with Gasteiger partial charge in [-0.2, -0.15) is 0 Å². The predicted octanol–water partition coefficient (Wildman–Crippen LogP) is -0.873. The number of aromatic nitrogens is 2. The van der Waals surface area contributed by atoms with Crippen molar-refractivity contribution >= 4 is 21.9 Å². The van der Waals surface area contributed by atoms with Crippen LogP contribution in [0.4, 0.5) is 5.95 Å². The molecule has 2 heterocycles. The van der Waals surface area contributed by atoms with E-state index in [4.69, 9.17) is 9.88 Å². The molecule has 0 saturated carbocycles. The Kier molecular flexibility index (Phi) is 3.67. The number of nitrogens with zero attached hydrogens (tertiary/aromatic N) is 3. The lowest BCUT2D eigenvalue weighted by Crippen LogP contribution is -2.28. The Bertz CT molecular complexity index is 572. The van der Waals surface area contributed by atoms with Crippen LogP contribution in [0.3, 0.4) is 0 Å². The number of ether oxygens (including phenoxy) is 1. The fourth-order valence-electron chi connectivity index (χ4n) is 1.97. The summed E-state index contributed by atoms with van der Waals surface area (Å²) in [6.07, 6.45) is 3.02. The molecule has 8 nitrogen and oxygen atoms in total. The molecule has 1 saturated heterocycles. The molecule has 2 rings (SSSR count). The van der Waals surface area contributed by atoms with Gasteiger partial charge in [-0.25, -0.2) is 23.5 Å². The minimum atomic E-state index is -3.59. The molecular weight excluding hydrogens is 272 g/mol. The average Bonchev–Trinajstić information content (AvgIpc) is 2.68. The first-order chi connectivity index (χ1) is 8.89. The maximum absolute atomic E-state index is 11.8. The zero-order chi connectivity index (χ0) is 14.0. The van der Waals surface area contributed by atoms with Crippen LogP contribution in [0.15, 0.2) is 12.4 Å². The molecule has 1 amide bonds. The van der Waals surface area contributed by atoms with E-state index in [1.807, 2.05) is 0 Å². The molecule has 1 unspecified atom stereocenters. The number of anilines is 1. The number of nitrogens with two attached hydrogens (primary N) is 1. The number of carbonyl (C=O) groups excluding carboxylic acids is 1. The standard InChI is InChI=1S/C10H14N4O4S/c1-18-8-3-12-10(13-4-8)14-5-7(2-9(14)15)6-19(11,16)17/h3-4,7H,2,5-6H2,1H3,(H2,11,16,17). The van der Waals surface area contributed by atoms with Crippen molar-refractivity contribution in [1.29, 1.82) is 0 Å². The minimum absolute atomic E-state index is 0.131. The maximum Gasteiger partial charge on any atom is 0.232 e. The Labute approximate surface area is 110 Å². The third-order valence-electron chi connectivity index (χ3n) is 2.76. The topological polar surface area (TPSA) is 115 Å². The highest BCUT2D eigenvalue weighted by molar-refractivity contribution is 7.89. The molecule has 104 valence electrons. The number of hydrogen-bond donors (Lipinski definition) is 1. The number of rotatable bonds is 4. The van der Waals surface area contributed by atoms with E-state index in [0.717, 1.165) is 0 Å². The molecule has 0 aromatic carbocycles. The van der Waals surface area contributed by atoms with Crippen LogP contribution in [0, 0.1) is 5.92 Å². The number of methoxy groups -OCH3 is 1. The molecule has 9 heteroatoms. The van der Waals surface area contributed by atoms with Gasteiger partial charge in [-0.05, 0) is 0 Å². The number of primary sulfonamides is 1. The molecule has 1 fully saturated rings. The summed E-state index contributed by atoms with van der Waals surface area (Å²) in [6, 6.07) is 0. The van der Waals surface area contributed by atoms with Crippen LogP contribution in [-0.2, 0) is 14.8 Å². The smallest absolute Gasteiger partial charge is 0.232 e. The van der Waals surface area contributed by atoms with Gasteiger partial charge in [-0.3, -0.25) is 9.69 Å². The van der Waals surface area contributed by atoms with Crippen molar-refractivity contribution in [3.8, 4) is 5.75 Å². The Hall–Kier alpha value is -1.74. The fourth-order valence-corrected chi connectivity index (χ4v) is 2.85. The van der Waals surface area contributed by atoms with Crippen LogP contribution in [-0.4, -0.2) is 43.7 Å². The van der Waals surface area contributed by atoms with Crippen LogP contribution in [0.25, 0.3) is 0 Å². The second-order valence-electron chi connectivity index (χ2n) is 4.33. The summed E-state index contributed by atoms with van der Waals surface area (Å²) in [4.78, 5) is 21.2. The highest BCUT2D eigenvalue weighted by atomic mass is 32.2. The molecule has 1 atom stereocenters. The summed E-state index contributed by atoms with van der Waals surface area (Å²) in [6.45, 7) is 0.252. The molecular formula is C10H14N4O4S. The van der Waals surface area contributed by atoms with Gasteiger partial charge in [0, 0.05) is 18.9 Å². The lowest BCUT2D eigenvalue weighted by Gasteiger charge is -2.14. The fraction of sp³-hybridized carbons (Fsp3) is 0.500. The zero-order valence-electron chi connectivity index (χ0n) is 10.3. The average molecular weight is 286 g/mol. The Morgan fingerprint density at radius 1 is 1.47 bits per heavy atom. The van der Waals surface area contributed by atoms with Crippen LogP contribution in [0.5, 0.6) is 5.75 Å². The van der Waals surface area contributed by atoms with Gasteiger partial charge in [-0.1, -0.05) is 0 Å². The van der Waals surface area contributed by atoms with E-state index >= 15 is 0 Å². The molecule has 0 radical (unpaired) electrons. The van der Waals surface area contributed by atoms with Gasteiger partial charge in [0.05, 0.1) is 25.3 Å².